The Kier molecular flexibility index (Phi) is 3.77. The van der Waals surface area contributed by atoms with Crippen molar-refractivity contribution >= 4 is 17.9 Å². The maximum Gasteiger partial charge on any atom is 0.275 e. The van der Waals surface area contributed by atoms with Crippen LogP contribution in [0.4, 0.5) is 4.79 Å². The zero-order chi connectivity index (χ0) is 8.10. The van der Waals surface area contributed by atoms with Gasteiger partial charge in [0, 0.05) is 6.54 Å². The van der Waals surface area contributed by atoms with Crippen LogP contribution in [0.25, 0.3) is 0 Å². The molecule has 0 unspecified atom stereocenters. The first-order chi connectivity index (χ1) is 5.29. The minimum absolute atomic E-state index is 0.199. The summed E-state index contributed by atoms with van der Waals surface area (Å²) >= 11 is 3.65. The lowest BCUT2D eigenvalue weighted by atomic mass is 9.89. The second-order valence-corrected chi connectivity index (χ2v) is 3.60. The number of nitrogens with one attached hydrogen (secondary N) is 1. The molecule has 1 aliphatic rings. The van der Waals surface area contributed by atoms with Gasteiger partial charge in [-0.2, -0.15) is 0 Å². The molecule has 0 aromatic carbocycles. The fourth-order valence-corrected chi connectivity index (χ4v) is 1.71. The Morgan fingerprint density at radius 3 is 2.55 bits per heavy atom. The molecule has 3 heteroatoms. The Morgan fingerprint density at radius 1 is 1.36 bits per heavy atom. The monoisotopic (exact) mass is 173 g/mol. The molecular weight excluding hydrogens is 158 g/mol. The highest BCUT2D eigenvalue weighted by Crippen LogP contribution is 2.22. The van der Waals surface area contributed by atoms with Crippen LogP contribution in [-0.4, -0.2) is 11.8 Å². The number of carbonyl (C=O) groups excluding carboxylic acids is 1. The van der Waals surface area contributed by atoms with Crippen molar-refractivity contribution in [1.82, 2.24) is 5.32 Å². The number of rotatable bonds is 2. The molecule has 1 amide bonds. The number of carbonyl (C=O) groups is 1. The van der Waals surface area contributed by atoms with Gasteiger partial charge >= 0.3 is 0 Å². The van der Waals surface area contributed by atoms with Crippen molar-refractivity contribution in [3.63, 3.8) is 0 Å². The molecule has 0 aliphatic heterocycles. The molecule has 0 radical (unpaired) electrons. The van der Waals surface area contributed by atoms with Gasteiger partial charge in [0.15, 0.2) is 0 Å². The molecule has 1 saturated carbocycles. The predicted molar refractivity (Wildman–Crippen MR) is 49.0 cm³/mol. The van der Waals surface area contributed by atoms with Gasteiger partial charge in [-0.05, 0) is 18.8 Å². The lowest BCUT2D eigenvalue weighted by Gasteiger charge is -2.20. The molecule has 1 aliphatic carbocycles. The van der Waals surface area contributed by atoms with E-state index in [4.69, 9.17) is 0 Å². The summed E-state index contributed by atoms with van der Waals surface area (Å²) in [6.45, 7) is 0.822. The van der Waals surface area contributed by atoms with Gasteiger partial charge in [-0.1, -0.05) is 31.9 Å². The lowest BCUT2D eigenvalue weighted by molar-refractivity contribution is 0.256. The third-order valence-corrected chi connectivity index (χ3v) is 2.42. The number of thiol groups is 1. The molecular formula is C8H15NOS. The minimum atomic E-state index is -0.199. The number of hydrogen-bond acceptors (Lipinski definition) is 1. The molecule has 1 rings (SSSR count). The van der Waals surface area contributed by atoms with E-state index in [9.17, 15) is 4.79 Å². The highest BCUT2D eigenvalue weighted by molar-refractivity contribution is 7.96. The molecule has 0 saturated heterocycles. The topological polar surface area (TPSA) is 29.1 Å². The van der Waals surface area contributed by atoms with Crippen molar-refractivity contribution in [3.05, 3.63) is 0 Å². The van der Waals surface area contributed by atoms with E-state index in [1.165, 1.54) is 32.1 Å². The first-order valence-corrected chi connectivity index (χ1v) is 4.70. The molecule has 0 aromatic heterocycles. The van der Waals surface area contributed by atoms with Crippen LogP contribution in [0, 0.1) is 5.92 Å². The minimum Gasteiger partial charge on any atom is -0.347 e. The summed E-state index contributed by atoms with van der Waals surface area (Å²) in [6.07, 6.45) is 6.56. The summed E-state index contributed by atoms with van der Waals surface area (Å²) in [5.41, 5.74) is 0. The van der Waals surface area contributed by atoms with Crippen molar-refractivity contribution in [2.45, 2.75) is 32.1 Å². The van der Waals surface area contributed by atoms with Crippen molar-refractivity contribution in [2.75, 3.05) is 6.54 Å². The van der Waals surface area contributed by atoms with Gasteiger partial charge in [0.2, 0.25) is 0 Å². The van der Waals surface area contributed by atoms with E-state index >= 15 is 0 Å². The molecule has 0 bridgehead atoms. The fourth-order valence-electron chi connectivity index (χ4n) is 1.62. The first-order valence-electron chi connectivity index (χ1n) is 4.26. The average Bonchev–Trinajstić information content (AvgIpc) is 2.03. The smallest absolute Gasteiger partial charge is 0.275 e. The van der Waals surface area contributed by atoms with Crippen molar-refractivity contribution in [2.24, 2.45) is 5.92 Å². The number of amides is 1. The van der Waals surface area contributed by atoms with Gasteiger partial charge in [0.05, 0.1) is 0 Å². The average molecular weight is 173 g/mol. The zero-order valence-corrected chi connectivity index (χ0v) is 7.57. The van der Waals surface area contributed by atoms with Gasteiger partial charge in [-0.3, -0.25) is 4.79 Å². The van der Waals surface area contributed by atoms with Crippen LogP contribution < -0.4 is 5.32 Å². The summed E-state index contributed by atoms with van der Waals surface area (Å²) in [5, 5.41) is 2.54. The molecule has 0 aromatic rings. The summed E-state index contributed by atoms with van der Waals surface area (Å²) < 4.78 is 0. The Balaban J connectivity index is 2.09. The normalized spacial score (nSPS) is 19.7. The van der Waals surface area contributed by atoms with Gasteiger partial charge < -0.3 is 5.32 Å². The Bertz CT molecular complexity index is 132. The SMILES string of the molecule is O=C(S)NCC1CCCCC1. The first kappa shape index (κ1) is 8.91. The van der Waals surface area contributed by atoms with Crippen LogP contribution in [0.2, 0.25) is 0 Å². The lowest BCUT2D eigenvalue weighted by Crippen LogP contribution is -2.26. The van der Waals surface area contributed by atoms with E-state index in [2.05, 4.69) is 17.9 Å². The van der Waals surface area contributed by atoms with Crippen molar-refractivity contribution < 1.29 is 4.79 Å². The Hall–Kier alpha value is -0.180. The standard InChI is InChI=1S/C8H15NOS/c10-8(11)9-6-7-4-2-1-3-5-7/h7H,1-6H2,(H2,9,10,11). The fraction of sp³-hybridized carbons (Fsp3) is 0.875. The van der Waals surface area contributed by atoms with Gasteiger partial charge in [-0.25, -0.2) is 0 Å². The molecule has 0 spiro atoms. The maximum atomic E-state index is 10.4. The second-order valence-electron chi connectivity index (χ2n) is 3.19. The molecule has 0 atom stereocenters. The van der Waals surface area contributed by atoms with Crippen molar-refractivity contribution in [1.29, 1.82) is 0 Å². The summed E-state index contributed by atoms with van der Waals surface area (Å²) in [7, 11) is 0. The van der Waals surface area contributed by atoms with Crippen LogP contribution in [-0.2, 0) is 0 Å². The summed E-state index contributed by atoms with van der Waals surface area (Å²) in [5.74, 6) is 0.708. The van der Waals surface area contributed by atoms with Gasteiger partial charge in [-0.15, -0.1) is 0 Å². The van der Waals surface area contributed by atoms with E-state index in [0.717, 1.165) is 6.54 Å². The van der Waals surface area contributed by atoms with Gasteiger partial charge in [0.25, 0.3) is 5.24 Å². The quantitative estimate of drug-likeness (QED) is 0.616. The summed E-state index contributed by atoms with van der Waals surface area (Å²) in [4.78, 5) is 10.4. The molecule has 11 heavy (non-hydrogen) atoms. The van der Waals surface area contributed by atoms with Crippen LogP contribution >= 0.6 is 12.6 Å². The third kappa shape index (κ3) is 3.65. The van der Waals surface area contributed by atoms with E-state index in [1.54, 1.807) is 0 Å². The largest absolute Gasteiger partial charge is 0.347 e. The van der Waals surface area contributed by atoms with E-state index < -0.39 is 0 Å². The molecule has 1 fully saturated rings. The highest BCUT2D eigenvalue weighted by atomic mass is 32.1. The van der Waals surface area contributed by atoms with Crippen molar-refractivity contribution in [3.8, 4) is 0 Å². The number of hydrogen-bond donors (Lipinski definition) is 2. The zero-order valence-electron chi connectivity index (χ0n) is 6.68. The molecule has 2 nitrogen and oxygen atoms in total. The molecule has 0 heterocycles. The second kappa shape index (κ2) is 4.65. The van der Waals surface area contributed by atoms with E-state index in [-0.39, 0.29) is 5.24 Å². The maximum absolute atomic E-state index is 10.4. The van der Waals surface area contributed by atoms with Crippen LogP contribution in [0.15, 0.2) is 0 Å². The van der Waals surface area contributed by atoms with E-state index in [0.29, 0.717) is 5.92 Å². The van der Waals surface area contributed by atoms with Crippen LogP contribution in [0.3, 0.4) is 0 Å². The molecule has 64 valence electrons. The van der Waals surface area contributed by atoms with Crippen LogP contribution in [0.1, 0.15) is 32.1 Å². The highest BCUT2D eigenvalue weighted by Gasteiger charge is 2.12. The molecule has 1 N–H and O–H groups in total. The van der Waals surface area contributed by atoms with E-state index in [1.807, 2.05) is 0 Å². The Morgan fingerprint density at radius 2 is 2.00 bits per heavy atom. The predicted octanol–water partition coefficient (Wildman–Crippen LogP) is 2.21. The van der Waals surface area contributed by atoms with Gasteiger partial charge in [0.1, 0.15) is 0 Å². The summed E-state index contributed by atoms with van der Waals surface area (Å²) in [6, 6.07) is 0. The third-order valence-electron chi connectivity index (χ3n) is 2.27. The Labute approximate surface area is 73.2 Å². The van der Waals surface area contributed by atoms with Crippen LogP contribution in [0.5, 0.6) is 0 Å².